The van der Waals surface area contributed by atoms with E-state index in [1.54, 1.807) is 18.2 Å². The standard InChI is InChI=1S/C18H24O7/c1-2-3-4-5-9-23-17-15(21)13-7-6-8-14(16(13)25-18(17)22)24-11-12(20)10-19/h6-8,12,19-21H,2-5,9-11H2,1H3. The number of aliphatic hydroxyl groups is 2. The van der Waals surface area contributed by atoms with Crippen molar-refractivity contribution < 1.29 is 29.2 Å². The van der Waals surface area contributed by atoms with Crippen molar-refractivity contribution in [3.05, 3.63) is 28.6 Å². The molecule has 1 aromatic heterocycles. The summed E-state index contributed by atoms with van der Waals surface area (Å²) < 4.78 is 16.0. The lowest BCUT2D eigenvalue weighted by molar-refractivity contribution is 0.0537. The Morgan fingerprint density at radius 3 is 2.72 bits per heavy atom. The molecule has 1 unspecified atom stereocenters. The molecule has 1 aromatic carbocycles. The van der Waals surface area contributed by atoms with Gasteiger partial charge in [0, 0.05) is 0 Å². The van der Waals surface area contributed by atoms with Crippen molar-refractivity contribution in [1.29, 1.82) is 0 Å². The van der Waals surface area contributed by atoms with Crippen molar-refractivity contribution in [3.8, 4) is 17.2 Å². The molecule has 0 radical (unpaired) electrons. The largest absolute Gasteiger partial charge is 0.504 e. The first kappa shape index (κ1) is 19.1. The Balaban J connectivity index is 2.22. The quantitative estimate of drug-likeness (QED) is 0.444. The van der Waals surface area contributed by atoms with E-state index in [2.05, 4.69) is 6.92 Å². The fourth-order valence-electron chi connectivity index (χ4n) is 2.35. The minimum atomic E-state index is -1.05. The molecule has 0 aliphatic carbocycles. The van der Waals surface area contributed by atoms with Crippen molar-refractivity contribution in [2.24, 2.45) is 0 Å². The van der Waals surface area contributed by atoms with E-state index in [0.29, 0.717) is 6.61 Å². The Bertz CT molecular complexity index is 738. The Labute approximate surface area is 145 Å². The molecule has 25 heavy (non-hydrogen) atoms. The number of fused-ring (bicyclic) bond motifs is 1. The second-order valence-electron chi connectivity index (χ2n) is 5.76. The van der Waals surface area contributed by atoms with Gasteiger partial charge in [-0.15, -0.1) is 0 Å². The monoisotopic (exact) mass is 352 g/mol. The molecule has 7 heteroatoms. The number of benzene rings is 1. The van der Waals surface area contributed by atoms with Crippen LogP contribution in [0.2, 0.25) is 0 Å². The SMILES string of the molecule is CCCCCCOc1c(O)c2cccc(OCC(O)CO)c2oc1=O. The van der Waals surface area contributed by atoms with Gasteiger partial charge in [0.15, 0.2) is 17.1 Å². The number of aliphatic hydroxyl groups excluding tert-OH is 2. The van der Waals surface area contributed by atoms with Crippen LogP contribution in [0.4, 0.5) is 0 Å². The van der Waals surface area contributed by atoms with E-state index in [4.69, 9.17) is 19.0 Å². The third-order valence-corrected chi connectivity index (χ3v) is 3.72. The first-order valence-corrected chi connectivity index (χ1v) is 8.41. The minimum Gasteiger partial charge on any atom is -0.504 e. The maximum Gasteiger partial charge on any atom is 0.383 e. The van der Waals surface area contributed by atoms with Crippen molar-refractivity contribution >= 4 is 11.0 Å². The van der Waals surface area contributed by atoms with Crippen LogP contribution in [0.3, 0.4) is 0 Å². The highest BCUT2D eigenvalue weighted by Gasteiger charge is 2.18. The molecule has 7 nitrogen and oxygen atoms in total. The summed E-state index contributed by atoms with van der Waals surface area (Å²) in [6.45, 7) is 1.80. The van der Waals surface area contributed by atoms with Crippen LogP contribution < -0.4 is 15.1 Å². The normalized spacial score (nSPS) is 12.3. The maximum absolute atomic E-state index is 12.1. The highest BCUT2D eigenvalue weighted by molar-refractivity contribution is 5.89. The van der Waals surface area contributed by atoms with E-state index in [1.165, 1.54) is 0 Å². The number of unbranched alkanes of at least 4 members (excludes halogenated alkanes) is 3. The molecule has 0 saturated carbocycles. The van der Waals surface area contributed by atoms with Gasteiger partial charge in [0.2, 0.25) is 5.75 Å². The third-order valence-electron chi connectivity index (χ3n) is 3.72. The summed E-state index contributed by atoms with van der Waals surface area (Å²) >= 11 is 0. The van der Waals surface area contributed by atoms with Gasteiger partial charge >= 0.3 is 5.63 Å². The lowest BCUT2D eigenvalue weighted by Crippen LogP contribution is -2.21. The maximum atomic E-state index is 12.1. The number of hydrogen-bond acceptors (Lipinski definition) is 7. The molecular formula is C18H24O7. The van der Waals surface area contributed by atoms with Gasteiger partial charge in [-0.05, 0) is 18.6 Å². The fraction of sp³-hybridized carbons (Fsp3) is 0.500. The highest BCUT2D eigenvalue weighted by Crippen LogP contribution is 2.35. The van der Waals surface area contributed by atoms with Crippen LogP contribution in [0.25, 0.3) is 11.0 Å². The molecule has 3 N–H and O–H groups in total. The zero-order valence-corrected chi connectivity index (χ0v) is 14.2. The van der Waals surface area contributed by atoms with Crippen molar-refractivity contribution in [3.63, 3.8) is 0 Å². The van der Waals surface area contributed by atoms with Crippen molar-refractivity contribution in [2.45, 2.75) is 38.7 Å². The molecule has 138 valence electrons. The topological polar surface area (TPSA) is 109 Å². The minimum absolute atomic E-state index is 0.0634. The van der Waals surface area contributed by atoms with Crippen molar-refractivity contribution in [1.82, 2.24) is 0 Å². The van der Waals surface area contributed by atoms with Gasteiger partial charge in [-0.3, -0.25) is 0 Å². The number of aromatic hydroxyl groups is 1. The first-order valence-electron chi connectivity index (χ1n) is 8.41. The molecule has 0 spiro atoms. The Kier molecular flexibility index (Phi) is 7.09. The molecule has 0 fully saturated rings. The Morgan fingerprint density at radius 2 is 2.00 bits per heavy atom. The fourth-order valence-corrected chi connectivity index (χ4v) is 2.35. The van der Waals surface area contributed by atoms with Crippen LogP contribution in [0.1, 0.15) is 32.6 Å². The summed E-state index contributed by atoms with van der Waals surface area (Å²) in [4.78, 5) is 12.1. The molecule has 0 bridgehead atoms. The van der Waals surface area contributed by atoms with E-state index >= 15 is 0 Å². The average Bonchev–Trinajstić information content (AvgIpc) is 2.62. The second kappa shape index (κ2) is 9.29. The van der Waals surface area contributed by atoms with E-state index < -0.39 is 18.3 Å². The summed E-state index contributed by atoms with van der Waals surface area (Å²) in [6.07, 6.45) is 2.90. The summed E-state index contributed by atoms with van der Waals surface area (Å²) in [5, 5.41) is 28.8. The molecule has 0 aliphatic heterocycles. The van der Waals surface area contributed by atoms with E-state index in [-0.39, 0.29) is 34.8 Å². The van der Waals surface area contributed by atoms with Gasteiger partial charge in [-0.2, -0.15) is 0 Å². The van der Waals surface area contributed by atoms with Gasteiger partial charge in [0.05, 0.1) is 18.6 Å². The molecule has 2 rings (SSSR count). The molecule has 0 amide bonds. The third kappa shape index (κ3) is 4.87. The van der Waals surface area contributed by atoms with Crippen LogP contribution in [0, 0.1) is 0 Å². The molecule has 0 saturated heterocycles. The van der Waals surface area contributed by atoms with Gasteiger partial charge in [-0.1, -0.05) is 32.3 Å². The predicted molar refractivity (Wildman–Crippen MR) is 92.4 cm³/mol. The molecule has 0 aliphatic rings. The molecular weight excluding hydrogens is 328 g/mol. The average molecular weight is 352 g/mol. The first-order chi connectivity index (χ1) is 12.1. The zero-order chi connectivity index (χ0) is 18.2. The van der Waals surface area contributed by atoms with Gasteiger partial charge in [0.25, 0.3) is 0 Å². The Hall–Kier alpha value is -2.25. The van der Waals surface area contributed by atoms with Crippen LogP contribution in [-0.4, -0.2) is 41.2 Å². The van der Waals surface area contributed by atoms with Gasteiger partial charge in [-0.25, -0.2) is 4.79 Å². The number of rotatable bonds is 10. The van der Waals surface area contributed by atoms with E-state index in [9.17, 15) is 15.0 Å². The summed E-state index contributed by atoms with van der Waals surface area (Å²) in [5.74, 6) is -0.321. The molecule has 1 heterocycles. The Morgan fingerprint density at radius 1 is 1.20 bits per heavy atom. The summed E-state index contributed by atoms with van der Waals surface area (Å²) in [5.41, 5.74) is -0.729. The smallest absolute Gasteiger partial charge is 0.383 e. The lowest BCUT2D eigenvalue weighted by Gasteiger charge is -2.13. The van der Waals surface area contributed by atoms with Crippen LogP contribution in [0.5, 0.6) is 17.2 Å². The van der Waals surface area contributed by atoms with E-state index in [1.807, 2.05) is 0 Å². The zero-order valence-electron chi connectivity index (χ0n) is 14.2. The summed E-state index contributed by atoms with van der Waals surface area (Å²) in [6, 6.07) is 4.74. The van der Waals surface area contributed by atoms with Gasteiger partial charge < -0.3 is 29.2 Å². The number of ether oxygens (including phenoxy) is 2. The summed E-state index contributed by atoms with van der Waals surface area (Å²) in [7, 11) is 0. The van der Waals surface area contributed by atoms with Crippen molar-refractivity contribution in [2.75, 3.05) is 19.8 Å². The lowest BCUT2D eigenvalue weighted by atomic mass is 10.2. The van der Waals surface area contributed by atoms with Crippen LogP contribution >= 0.6 is 0 Å². The number of hydrogen-bond donors (Lipinski definition) is 3. The highest BCUT2D eigenvalue weighted by atomic mass is 16.5. The second-order valence-corrected chi connectivity index (χ2v) is 5.76. The molecule has 2 aromatic rings. The van der Waals surface area contributed by atoms with E-state index in [0.717, 1.165) is 25.7 Å². The van der Waals surface area contributed by atoms with Gasteiger partial charge in [0.1, 0.15) is 12.7 Å². The number of para-hydroxylation sites is 1. The molecule has 1 atom stereocenters. The predicted octanol–water partition coefficient (Wildman–Crippen LogP) is 2.19. The van der Waals surface area contributed by atoms with Crippen LogP contribution in [-0.2, 0) is 0 Å². The van der Waals surface area contributed by atoms with Crippen LogP contribution in [0.15, 0.2) is 27.4 Å².